The molecule has 822 valence electrons. The van der Waals surface area contributed by atoms with E-state index in [4.69, 9.17) is 104 Å². The van der Waals surface area contributed by atoms with Crippen molar-refractivity contribution >= 4 is 38.7 Å². The summed E-state index contributed by atoms with van der Waals surface area (Å²) >= 11 is 0. The van der Waals surface area contributed by atoms with Crippen LogP contribution in [0.4, 0.5) is 13.2 Å². The van der Waals surface area contributed by atoms with Gasteiger partial charge in [-0.1, -0.05) is 183 Å². The maximum atomic E-state index is 14.9. The summed E-state index contributed by atoms with van der Waals surface area (Å²) in [6.45, 7) is 53.9. The summed E-state index contributed by atoms with van der Waals surface area (Å²) in [6.07, 6.45) is 14.6. The number of methoxy groups -OCH3 is 4. The molecule has 14 rings (SSSR count). The van der Waals surface area contributed by atoms with Gasteiger partial charge in [-0.15, -0.1) is 0 Å². The lowest BCUT2D eigenvalue weighted by Crippen LogP contribution is -2.60. The molecule has 36 heteroatoms. The normalized spacial score (nSPS) is 44.5. The van der Waals surface area contributed by atoms with Crippen molar-refractivity contribution in [3.05, 3.63) is 119 Å². The van der Waals surface area contributed by atoms with Crippen molar-refractivity contribution in [2.24, 2.45) is 47.3 Å². The summed E-state index contributed by atoms with van der Waals surface area (Å²) in [6, 6.07) is 0. The van der Waals surface area contributed by atoms with Gasteiger partial charge in [0.1, 0.15) is 71.9 Å². The molecule has 0 aromatic heterocycles. The number of aliphatic hydroxyl groups excluding tert-OH is 1. The standard InChI is InChI=1S/C55H85F3O16SSi.C54H86O14Si/c1-16-30(2)46-33(5)22-23-53(72-46)28-39-25-38(71-53)21-20-32(4)45(31(3)18-17-19-37-29-65-50-47(74-76(14,15)52(9,10)11)34(6)24-40(51(59)68-39)54(37,50)60)69-43-26-41(63-12)48(35(7)66-43)70-44-27-42(64-13)49(36(8)67-44)73-75(61,62)55(56,57)58;1-16-30(2)47-33(5)22-23-53(67-47)28-39-25-38(66-53)21-20-32(4)46(64-44-27-42(59-13)49(36(8)62-44)65-43-26-41(58-12)45(55)35(7)61-43)31(3)18-17-19-37-29-60-50-48(68-69(14,15)52(9,10)11)34(6)24-40(51(56)63-39)54(37,50)57/h17-20,22-24,30-31,33,35-36,38-50,60H,16,21,25-29H2,1-15H3;17-20,22-24,30-31,33,35-36,38-50,55,57H,16,21,25-29H2,1-15H3/b2*18-17+,32-20+,37-19+/t30-,31+,33+,35+,36+,38-,39+,40+,41+,42+,43+,44+,45+,46-,47-,48+,49-,50-,53-,54-;30-,31+,33+,35+,36+,38-,39+,40+,41+,42+,43+,44+,45-,46+,47-,48-,49+,50-,53-,54-/m11/s1. The van der Waals surface area contributed by atoms with Crippen LogP contribution in [0, 0.1) is 47.3 Å². The van der Waals surface area contributed by atoms with Gasteiger partial charge in [0.05, 0.1) is 111 Å². The first-order valence-corrected chi connectivity index (χ1v) is 60.1. The number of halogens is 3. The number of aliphatic hydroxyl groups is 3. The fourth-order valence-electron chi connectivity index (χ4n) is 22.7. The predicted octanol–water partition coefficient (Wildman–Crippen LogP) is 17.7. The first kappa shape index (κ1) is 118. The van der Waals surface area contributed by atoms with Crippen LogP contribution in [0.5, 0.6) is 0 Å². The molecule has 8 fully saturated rings. The van der Waals surface area contributed by atoms with Crippen LogP contribution in [0.25, 0.3) is 0 Å². The Bertz CT molecular complexity index is 4850. The van der Waals surface area contributed by atoms with Crippen LogP contribution in [0.3, 0.4) is 0 Å². The van der Waals surface area contributed by atoms with Gasteiger partial charge in [0.25, 0.3) is 0 Å². The molecular weight excluding hydrogens is 1930 g/mol. The molecule has 8 saturated heterocycles. The highest BCUT2D eigenvalue weighted by molar-refractivity contribution is 7.87. The Balaban J connectivity index is 0.000000244. The minimum absolute atomic E-state index is 0.0536. The molecule has 40 atom stereocenters. The Morgan fingerprint density at radius 1 is 0.469 bits per heavy atom. The maximum absolute atomic E-state index is 14.9. The highest BCUT2D eigenvalue weighted by Crippen LogP contribution is 2.55. The molecule has 0 unspecified atom stereocenters. The summed E-state index contributed by atoms with van der Waals surface area (Å²) in [5, 5.41) is 36.7. The molecule has 12 aliphatic heterocycles. The molecule has 2 spiro atoms. The molecule has 14 aliphatic rings. The third-order valence-electron chi connectivity index (χ3n) is 33.9. The molecule has 0 radical (unpaired) electrons. The van der Waals surface area contributed by atoms with E-state index < -0.39 is 226 Å². The van der Waals surface area contributed by atoms with E-state index in [1.165, 1.54) is 21.1 Å². The number of alkyl halides is 3. The molecule has 2 aliphatic carbocycles. The summed E-state index contributed by atoms with van der Waals surface area (Å²) in [5.74, 6) is -5.19. The molecule has 4 bridgehead atoms. The predicted molar refractivity (Wildman–Crippen MR) is 541 cm³/mol. The molecule has 145 heavy (non-hydrogen) atoms. The van der Waals surface area contributed by atoms with E-state index in [0.717, 1.165) is 35.1 Å². The average Bonchev–Trinajstić information content (AvgIpc) is 1.56. The van der Waals surface area contributed by atoms with Crippen molar-refractivity contribution in [1.82, 2.24) is 0 Å². The van der Waals surface area contributed by atoms with Gasteiger partial charge in [-0.25, -0.2) is 0 Å². The fraction of sp³-hybridized carbons (Fsp3) is 0.798. The van der Waals surface area contributed by atoms with Gasteiger partial charge in [0.2, 0.25) is 0 Å². The molecule has 0 aromatic carbocycles. The van der Waals surface area contributed by atoms with E-state index in [-0.39, 0.29) is 102 Å². The van der Waals surface area contributed by atoms with Gasteiger partial charge < -0.3 is 119 Å². The van der Waals surface area contributed by atoms with Crippen molar-refractivity contribution in [3.63, 3.8) is 0 Å². The number of carbonyl (C=O) groups excluding carboxylic acids is 2. The number of hydrogen-bond acceptors (Lipinski definition) is 30. The number of ether oxygens (including phenoxy) is 20. The highest BCUT2D eigenvalue weighted by atomic mass is 32.2. The number of rotatable bonds is 22. The van der Waals surface area contributed by atoms with E-state index >= 15 is 0 Å². The van der Waals surface area contributed by atoms with E-state index in [9.17, 15) is 46.5 Å². The van der Waals surface area contributed by atoms with Crippen LogP contribution in [0.15, 0.2) is 119 Å². The van der Waals surface area contributed by atoms with Gasteiger partial charge >= 0.3 is 27.6 Å². The third-order valence-corrected chi connectivity index (χ3v) is 43.8. The van der Waals surface area contributed by atoms with Crippen molar-refractivity contribution in [1.29, 1.82) is 0 Å². The number of allylic oxidation sites excluding steroid dienone is 4. The smallest absolute Gasteiger partial charge is 0.462 e. The molecule has 0 saturated carbocycles. The minimum atomic E-state index is -5.94. The highest BCUT2D eigenvalue weighted by Gasteiger charge is 2.65. The second-order valence-corrected chi connectivity index (χ2v) is 57.7. The van der Waals surface area contributed by atoms with E-state index in [1.807, 2.05) is 96.2 Å². The SMILES string of the molecule is CC[C@@H](C)[C@H]1O[C@]2(C=C[C@@H]1C)C[C@@H]1C[C@@H](C/C=C(\C)[C@@H](O[C@H]3C[C@H](OC)[C@@H](O[C@H]4C[C@H](OC)[C@H](O)[C@H](C)O4)[C@H](C)O3)[C@@H](C)/C=C/C=C3\CO[C@@H]4[C@H](O[Si](C)(C)C(C)(C)C)C(C)=C[C@@H](C(=O)O1)[C@]34O)O2.CC[C@@H](C)[C@H]1O[C@]2(C=C[C@@H]1C)C[C@@H]1C[C@@H](C/C=C(\C)[C@@H](O[C@H]3C[C@H](OC)[C@@H](O[C@H]4C[C@H](OC)[C@H](OS(=O)(=O)C(F)(F)F)[C@H](C)O4)[C@H](C)O3)[C@@H](C)/C=C/C=C3\CO[C@@H]4[C@H](O[Si](C)(C)C(C)(C)C)C(C)=C[C@@H](C(=O)O1)[C@]34O)O2. The second-order valence-electron chi connectivity index (χ2n) is 46.6. The maximum Gasteiger partial charge on any atom is 0.523 e. The van der Waals surface area contributed by atoms with Gasteiger partial charge in [0, 0.05) is 103 Å². The summed E-state index contributed by atoms with van der Waals surface area (Å²) in [5.41, 5.74) is -4.60. The molecule has 3 N–H and O–H groups in total. The van der Waals surface area contributed by atoms with Crippen LogP contribution in [-0.2, 0) is 127 Å². The first-order chi connectivity index (χ1) is 67.8. The van der Waals surface area contributed by atoms with Crippen LogP contribution in [0.1, 0.15) is 229 Å². The van der Waals surface area contributed by atoms with Crippen molar-refractivity contribution in [3.8, 4) is 0 Å². The first-order valence-electron chi connectivity index (χ1n) is 52.8. The monoisotopic (exact) mass is 2110 g/mol. The molecule has 0 aromatic rings. The minimum Gasteiger partial charge on any atom is -0.462 e. The Labute approximate surface area is 861 Å². The zero-order chi connectivity index (χ0) is 106. The fourth-order valence-corrected chi connectivity index (χ4v) is 26.0. The van der Waals surface area contributed by atoms with Crippen molar-refractivity contribution < 1.29 is 154 Å². The van der Waals surface area contributed by atoms with E-state index in [0.29, 0.717) is 56.1 Å². The van der Waals surface area contributed by atoms with Crippen molar-refractivity contribution in [2.75, 3.05) is 41.7 Å². The lowest BCUT2D eigenvalue weighted by Gasteiger charge is -2.49. The molecule has 0 amide bonds. The Hall–Kier alpha value is -4.45. The largest absolute Gasteiger partial charge is 0.523 e. The third kappa shape index (κ3) is 25.9. The molecule has 12 heterocycles. The van der Waals surface area contributed by atoms with E-state index in [1.54, 1.807) is 21.1 Å². The van der Waals surface area contributed by atoms with Crippen LogP contribution < -0.4 is 0 Å². The average molecular weight is 2110 g/mol. The van der Waals surface area contributed by atoms with Crippen molar-refractivity contribution in [2.45, 2.75) is 466 Å². The van der Waals surface area contributed by atoms with Gasteiger partial charge in [0.15, 0.2) is 53.4 Å². The Morgan fingerprint density at radius 2 is 0.821 bits per heavy atom. The zero-order valence-electron chi connectivity index (χ0n) is 91.2. The van der Waals surface area contributed by atoms with Crippen LogP contribution >= 0.6 is 0 Å². The van der Waals surface area contributed by atoms with E-state index in [2.05, 4.69) is 158 Å². The topological polar surface area (TPSA) is 341 Å². The zero-order valence-corrected chi connectivity index (χ0v) is 94.0. The Kier molecular flexibility index (Phi) is 38.2. The van der Waals surface area contributed by atoms with Crippen LogP contribution in [0.2, 0.25) is 36.3 Å². The lowest BCUT2D eigenvalue weighted by atomic mass is 9.71. The quantitative estimate of drug-likeness (QED) is 0.0298. The summed E-state index contributed by atoms with van der Waals surface area (Å²) in [4.78, 5) is 29.7. The molecular formula is C109H171F3O30SSi2. The number of carbonyl (C=O) groups is 2. The van der Waals surface area contributed by atoms with Gasteiger partial charge in [-0.3, -0.25) is 13.8 Å². The van der Waals surface area contributed by atoms with Gasteiger partial charge in [-0.05, 0) is 162 Å². The lowest BCUT2D eigenvalue weighted by molar-refractivity contribution is -0.318. The Morgan fingerprint density at radius 3 is 1.18 bits per heavy atom. The van der Waals surface area contributed by atoms with Crippen LogP contribution in [-0.4, -0.2) is 294 Å². The molecule has 30 nitrogen and oxygen atoms in total. The second kappa shape index (κ2) is 47.1. The number of hydrogen-bond donors (Lipinski definition) is 3. The van der Waals surface area contributed by atoms with Gasteiger partial charge in [-0.2, -0.15) is 21.6 Å². The number of fused-ring (bicyclic) bond motifs is 4. The number of esters is 2. The summed E-state index contributed by atoms with van der Waals surface area (Å²) < 4.78 is 211. The summed E-state index contributed by atoms with van der Waals surface area (Å²) in [7, 11) is -4.73.